The zero-order valence-corrected chi connectivity index (χ0v) is 20.4. The van der Waals surface area contributed by atoms with E-state index < -0.39 is 28.7 Å². The maximum Gasteiger partial charge on any atom is 0.261 e. The van der Waals surface area contributed by atoms with Gasteiger partial charge in [-0.1, -0.05) is 37.2 Å². The van der Waals surface area contributed by atoms with E-state index in [1.807, 2.05) is 13.8 Å². The maximum absolute atomic E-state index is 13.9. The van der Waals surface area contributed by atoms with Gasteiger partial charge in [0.25, 0.3) is 5.91 Å². The fraction of sp³-hybridized carbons (Fsp3) is 0.250. The third-order valence-electron chi connectivity index (χ3n) is 5.60. The third-order valence-corrected chi connectivity index (χ3v) is 5.60. The average molecular weight is 493 g/mol. The lowest BCUT2D eigenvalue weighted by molar-refractivity contribution is -0.128. The summed E-state index contributed by atoms with van der Waals surface area (Å²) in [4.78, 5) is 30.4. The highest BCUT2D eigenvalue weighted by Gasteiger charge is 2.40. The number of nitrogens with one attached hydrogen (secondary N) is 1. The van der Waals surface area contributed by atoms with Crippen LogP contribution in [0, 0.1) is 17.6 Å². The highest BCUT2D eigenvalue weighted by atomic mass is 19.1. The summed E-state index contributed by atoms with van der Waals surface area (Å²) in [5, 5.41) is 6.50. The summed E-state index contributed by atoms with van der Waals surface area (Å²) in [5.41, 5.74) is 0.962. The van der Waals surface area contributed by atoms with Crippen LogP contribution in [0.5, 0.6) is 5.75 Å². The topological polar surface area (TPSA) is 77.0 Å². The molecule has 0 spiro atoms. The number of nitrogens with zero attached hydrogens (tertiary/aromatic N) is 1. The number of oxime groups is 1. The highest BCUT2D eigenvalue weighted by Crippen LogP contribution is 2.34. The van der Waals surface area contributed by atoms with Crippen molar-refractivity contribution in [1.29, 1.82) is 0 Å². The first kappa shape index (κ1) is 25.0. The van der Waals surface area contributed by atoms with E-state index in [9.17, 15) is 18.4 Å². The molecule has 36 heavy (non-hydrogen) atoms. The number of halogens is 2. The van der Waals surface area contributed by atoms with E-state index in [0.29, 0.717) is 35.1 Å². The number of carbonyl (C=O) groups excluding carboxylic acids is 2. The monoisotopic (exact) mass is 492 g/mol. The molecule has 0 radical (unpaired) electrons. The van der Waals surface area contributed by atoms with Crippen LogP contribution in [0.15, 0.2) is 65.8 Å². The summed E-state index contributed by atoms with van der Waals surface area (Å²) < 4.78 is 33.9. The smallest absolute Gasteiger partial charge is 0.261 e. The Kier molecular flexibility index (Phi) is 6.88. The van der Waals surface area contributed by atoms with Crippen molar-refractivity contribution in [1.82, 2.24) is 0 Å². The number of amides is 1. The van der Waals surface area contributed by atoms with Gasteiger partial charge in [-0.05, 0) is 67.8 Å². The molecule has 1 N–H and O–H groups in total. The van der Waals surface area contributed by atoms with Gasteiger partial charge in [-0.3, -0.25) is 9.59 Å². The quantitative estimate of drug-likeness (QED) is 0.439. The Balaban J connectivity index is 1.64. The van der Waals surface area contributed by atoms with E-state index in [4.69, 9.17) is 9.57 Å². The standard InChI is InChI=1S/C28H26F2N2O4/c1-16(2)15-35-23-13-10-18(25-26(33)28(3,4)36-32-25)14-20(23)17-8-11-19(12-9-17)31-27(34)24-21(29)6-5-7-22(24)30/h5-14,16H,15H2,1-4H3,(H,31,34). The van der Waals surface area contributed by atoms with Crippen molar-refractivity contribution in [3.8, 4) is 16.9 Å². The van der Waals surface area contributed by atoms with Gasteiger partial charge < -0.3 is 14.9 Å². The molecular formula is C28H26F2N2O4. The Hall–Kier alpha value is -4.07. The predicted octanol–water partition coefficient (Wildman–Crippen LogP) is 6.00. The van der Waals surface area contributed by atoms with Crippen LogP contribution >= 0.6 is 0 Å². The SMILES string of the molecule is CC(C)COc1ccc(C2=NOC(C)(C)C2=O)cc1-c1ccc(NC(=O)c2c(F)cccc2F)cc1. The van der Waals surface area contributed by atoms with E-state index in [0.717, 1.165) is 17.7 Å². The molecule has 0 fully saturated rings. The Labute approximate surface area is 207 Å². The van der Waals surface area contributed by atoms with Crippen LogP contribution in [-0.4, -0.2) is 29.6 Å². The Morgan fingerprint density at radius 3 is 2.25 bits per heavy atom. The van der Waals surface area contributed by atoms with Gasteiger partial charge in [-0.15, -0.1) is 0 Å². The van der Waals surface area contributed by atoms with Crippen LogP contribution in [0.4, 0.5) is 14.5 Å². The minimum absolute atomic E-state index is 0.220. The molecule has 0 saturated heterocycles. The van der Waals surface area contributed by atoms with Gasteiger partial charge in [0.15, 0.2) is 11.3 Å². The summed E-state index contributed by atoms with van der Waals surface area (Å²) >= 11 is 0. The summed E-state index contributed by atoms with van der Waals surface area (Å²) in [7, 11) is 0. The molecule has 1 aliphatic heterocycles. The molecule has 1 heterocycles. The van der Waals surface area contributed by atoms with Gasteiger partial charge in [0.05, 0.1) is 6.61 Å². The first-order valence-corrected chi connectivity index (χ1v) is 11.5. The van der Waals surface area contributed by atoms with E-state index >= 15 is 0 Å². The number of ketones is 1. The molecule has 0 atom stereocenters. The third kappa shape index (κ3) is 5.12. The molecule has 6 nitrogen and oxygen atoms in total. The first-order chi connectivity index (χ1) is 17.1. The number of hydrogen-bond donors (Lipinski definition) is 1. The van der Waals surface area contributed by atoms with E-state index in [2.05, 4.69) is 10.5 Å². The van der Waals surface area contributed by atoms with Crippen LogP contribution in [0.3, 0.4) is 0 Å². The van der Waals surface area contributed by atoms with Crippen molar-refractivity contribution >= 4 is 23.1 Å². The second kappa shape index (κ2) is 9.89. The number of anilines is 1. The molecular weight excluding hydrogens is 466 g/mol. The number of benzene rings is 3. The summed E-state index contributed by atoms with van der Waals surface area (Å²) in [6.07, 6.45) is 0. The second-order valence-corrected chi connectivity index (χ2v) is 9.41. The largest absolute Gasteiger partial charge is 0.493 e. The number of rotatable bonds is 7. The molecule has 1 amide bonds. The van der Waals surface area contributed by atoms with Crippen LogP contribution < -0.4 is 10.1 Å². The van der Waals surface area contributed by atoms with E-state index in [1.165, 1.54) is 6.07 Å². The molecule has 0 bridgehead atoms. The minimum atomic E-state index is -1.03. The molecule has 4 rings (SSSR count). The van der Waals surface area contributed by atoms with Crippen LogP contribution in [-0.2, 0) is 9.63 Å². The summed E-state index contributed by atoms with van der Waals surface area (Å²) in [5.74, 6) is -2.08. The zero-order chi connectivity index (χ0) is 26.0. The number of hydrogen-bond acceptors (Lipinski definition) is 5. The molecule has 186 valence electrons. The van der Waals surface area contributed by atoms with Crippen molar-refractivity contribution in [2.75, 3.05) is 11.9 Å². The normalized spacial score (nSPS) is 14.4. The fourth-order valence-electron chi connectivity index (χ4n) is 3.64. The van der Waals surface area contributed by atoms with Crippen molar-refractivity contribution < 1.29 is 27.9 Å². The van der Waals surface area contributed by atoms with Crippen molar-refractivity contribution in [2.24, 2.45) is 11.1 Å². The zero-order valence-electron chi connectivity index (χ0n) is 20.4. The summed E-state index contributed by atoms with van der Waals surface area (Å²) in [6.45, 7) is 7.88. The van der Waals surface area contributed by atoms with Gasteiger partial charge in [0.2, 0.25) is 5.78 Å². The lowest BCUT2D eigenvalue weighted by Gasteiger charge is -2.16. The number of carbonyl (C=O) groups is 2. The molecule has 3 aromatic carbocycles. The molecule has 0 aromatic heterocycles. The van der Waals surface area contributed by atoms with Gasteiger partial charge >= 0.3 is 0 Å². The van der Waals surface area contributed by atoms with Crippen molar-refractivity contribution in [3.05, 3.63) is 83.4 Å². The van der Waals surface area contributed by atoms with Gasteiger partial charge in [0.1, 0.15) is 22.9 Å². The van der Waals surface area contributed by atoms with Gasteiger partial charge in [0, 0.05) is 16.8 Å². The van der Waals surface area contributed by atoms with Crippen molar-refractivity contribution in [3.63, 3.8) is 0 Å². The molecule has 0 saturated carbocycles. The molecule has 0 aliphatic carbocycles. The second-order valence-electron chi connectivity index (χ2n) is 9.41. The minimum Gasteiger partial charge on any atom is -0.493 e. The average Bonchev–Trinajstić information content (AvgIpc) is 3.10. The summed E-state index contributed by atoms with van der Waals surface area (Å²) in [6, 6.07) is 15.3. The molecule has 1 aliphatic rings. The molecule has 0 unspecified atom stereocenters. The fourth-order valence-corrected chi connectivity index (χ4v) is 3.64. The van der Waals surface area contributed by atoms with Gasteiger partial charge in [-0.25, -0.2) is 8.78 Å². The predicted molar refractivity (Wildman–Crippen MR) is 133 cm³/mol. The van der Waals surface area contributed by atoms with Gasteiger partial charge in [-0.2, -0.15) is 0 Å². The maximum atomic E-state index is 13.9. The molecule has 8 heteroatoms. The van der Waals surface area contributed by atoms with Crippen LogP contribution in [0.1, 0.15) is 43.6 Å². The molecule has 3 aromatic rings. The van der Waals surface area contributed by atoms with Crippen LogP contribution in [0.2, 0.25) is 0 Å². The Morgan fingerprint density at radius 1 is 1.03 bits per heavy atom. The number of Topliss-reactive ketones (excluding diaryl/α,β-unsaturated/α-hetero) is 1. The lowest BCUT2D eigenvalue weighted by Crippen LogP contribution is -2.33. The van der Waals surface area contributed by atoms with Crippen molar-refractivity contribution in [2.45, 2.75) is 33.3 Å². The highest BCUT2D eigenvalue weighted by molar-refractivity contribution is 6.49. The Bertz CT molecular complexity index is 1330. The van der Waals surface area contributed by atoms with Crippen LogP contribution in [0.25, 0.3) is 11.1 Å². The lowest BCUT2D eigenvalue weighted by atomic mass is 9.93. The number of ether oxygens (including phenoxy) is 1. The van der Waals surface area contributed by atoms with E-state index in [-0.39, 0.29) is 11.5 Å². The first-order valence-electron chi connectivity index (χ1n) is 11.5. The Morgan fingerprint density at radius 2 is 1.67 bits per heavy atom. The van der Waals surface area contributed by atoms with E-state index in [1.54, 1.807) is 56.3 Å².